The molecule has 0 bridgehead atoms. The third-order valence-corrected chi connectivity index (χ3v) is 4.01. The molecule has 2 aromatic rings. The molecule has 0 radical (unpaired) electrons. The Bertz CT molecular complexity index is 852. The molecule has 0 unspecified atom stereocenters. The fourth-order valence-electron chi connectivity index (χ4n) is 2.78. The minimum absolute atomic E-state index is 0. The molecular formula is C17H22ClN3O5. The summed E-state index contributed by atoms with van der Waals surface area (Å²) in [5.41, 5.74) is 12.4. The zero-order valence-corrected chi connectivity index (χ0v) is 15.1. The molecule has 1 aliphatic heterocycles. The summed E-state index contributed by atoms with van der Waals surface area (Å²) in [6.07, 6.45) is 1.30. The molecule has 2 heterocycles. The summed E-state index contributed by atoms with van der Waals surface area (Å²) in [7, 11) is 0. The highest BCUT2D eigenvalue weighted by molar-refractivity contribution is 5.85. The summed E-state index contributed by atoms with van der Waals surface area (Å²) in [6.45, 7) is 2.28. The Morgan fingerprint density at radius 3 is 2.65 bits per heavy atom. The first-order valence-corrected chi connectivity index (χ1v) is 7.86. The van der Waals surface area contributed by atoms with Crippen LogP contribution < -0.4 is 17.1 Å². The summed E-state index contributed by atoms with van der Waals surface area (Å²) in [4.78, 5) is 34.0. The number of anilines is 1. The van der Waals surface area contributed by atoms with Crippen molar-refractivity contribution in [3.05, 3.63) is 40.2 Å². The van der Waals surface area contributed by atoms with Crippen LogP contribution in [0.25, 0.3) is 11.0 Å². The maximum atomic E-state index is 11.1. The lowest BCUT2D eigenvalue weighted by Gasteiger charge is -2.20. The molecule has 1 saturated heterocycles. The van der Waals surface area contributed by atoms with Crippen LogP contribution in [0.1, 0.15) is 18.4 Å². The summed E-state index contributed by atoms with van der Waals surface area (Å²) in [5, 5.41) is 9.62. The lowest BCUT2D eigenvalue weighted by molar-refractivity contribution is -0.147. The molecule has 5 N–H and O–H groups in total. The van der Waals surface area contributed by atoms with Crippen LogP contribution in [-0.4, -0.2) is 41.0 Å². The SMILES string of the molecule is Cc1cc(=O)oc2cc(N)ccc12.Cl.NCC(=O)N1CCC[C@H]1C(=O)O. The van der Waals surface area contributed by atoms with Crippen molar-refractivity contribution >= 4 is 40.9 Å². The number of aliphatic carboxylic acids is 1. The number of hydrogen-bond acceptors (Lipinski definition) is 6. The molecule has 1 atom stereocenters. The molecule has 0 aliphatic carbocycles. The quantitative estimate of drug-likeness (QED) is 0.521. The predicted octanol–water partition coefficient (Wildman–Crippen LogP) is 1.13. The van der Waals surface area contributed by atoms with Crippen LogP contribution >= 0.6 is 12.4 Å². The molecule has 0 saturated carbocycles. The van der Waals surface area contributed by atoms with Gasteiger partial charge < -0.3 is 25.9 Å². The number of fused-ring (bicyclic) bond motifs is 1. The number of nitrogens with zero attached hydrogens (tertiary/aromatic N) is 1. The Morgan fingerprint density at radius 2 is 2.04 bits per heavy atom. The van der Waals surface area contributed by atoms with Crippen molar-refractivity contribution in [2.45, 2.75) is 25.8 Å². The standard InChI is InChI=1S/C10H9NO2.C7H12N2O3.ClH/c1-6-4-10(12)13-9-5-7(11)2-3-8(6)9;8-4-6(10)9-3-1-2-5(9)7(11)12;/h2-5H,11H2,1H3;5H,1-4,8H2,(H,11,12);1H/t;5-;/m.0./s1. The average Bonchev–Trinajstić information content (AvgIpc) is 3.04. The predicted molar refractivity (Wildman–Crippen MR) is 100 cm³/mol. The first-order valence-electron chi connectivity index (χ1n) is 7.86. The van der Waals surface area contributed by atoms with Crippen LogP contribution in [0.4, 0.5) is 5.69 Å². The molecule has 8 nitrogen and oxygen atoms in total. The molecule has 1 aliphatic rings. The normalized spacial score (nSPS) is 15.8. The van der Waals surface area contributed by atoms with Crippen LogP contribution in [0.2, 0.25) is 0 Å². The van der Waals surface area contributed by atoms with E-state index >= 15 is 0 Å². The van der Waals surface area contributed by atoms with E-state index in [-0.39, 0.29) is 30.5 Å². The van der Waals surface area contributed by atoms with Gasteiger partial charge in [0.2, 0.25) is 5.91 Å². The highest BCUT2D eigenvalue weighted by Gasteiger charge is 2.32. The Balaban J connectivity index is 0.000000251. The van der Waals surface area contributed by atoms with Gasteiger partial charge in [-0.05, 0) is 37.5 Å². The number of nitrogens with two attached hydrogens (primary N) is 2. The lowest BCUT2D eigenvalue weighted by atomic mass is 10.1. The van der Waals surface area contributed by atoms with Crippen molar-refractivity contribution in [2.24, 2.45) is 5.73 Å². The smallest absolute Gasteiger partial charge is 0.336 e. The van der Waals surface area contributed by atoms with Gasteiger partial charge in [-0.1, -0.05) is 0 Å². The Labute approximate surface area is 156 Å². The van der Waals surface area contributed by atoms with Gasteiger partial charge in [0, 0.05) is 29.8 Å². The number of benzene rings is 1. The van der Waals surface area contributed by atoms with Crippen molar-refractivity contribution in [3.63, 3.8) is 0 Å². The molecule has 9 heteroatoms. The van der Waals surface area contributed by atoms with Gasteiger partial charge in [0.1, 0.15) is 11.6 Å². The number of likely N-dealkylation sites (tertiary alicyclic amines) is 1. The number of halogens is 1. The number of hydrogen-bond donors (Lipinski definition) is 3. The van der Waals surface area contributed by atoms with E-state index in [0.717, 1.165) is 17.4 Å². The molecular weight excluding hydrogens is 362 g/mol. The fraction of sp³-hybridized carbons (Fsp3) is 0.353. The van der Waals surface area contributed by atoms with Gasteiger partial charge in [-0.3, -0.25) is 4.79 Å². The second kappa shape index (κ2) is 9.21. The van der Waals surface area contributed by atoms with Crippen molar-refractivity contribution in [2.75, 3.05) is 18.8 Å². The topological polar surface area (TPSA) is 140 Å². The molecule has 1 fully saturated rings. The first-order chi connectivity index (χ1) is 11.8. The third kappa shape index (κ3) is 4.96. The van der Waals surface area contributed by atoms with Crippen LogP contribution in [0.5, 0.6) is 0 Å². The highest BCUT2D eigenvalue weighted by Crippen LogP contribution is 2.18. The van der Waals surface area contributed by atoms with E-state index in [1.54, 1.807) is 12.1 Å². The van der Waals surface area contributed by atoms with Crippen molar-refractivity contribution in [3.8, 4) is 0 Å². The van der Waals surface area contributed by atoms with Gasteiger partial charge in [0.05, 0.1) is 6.54 Å². The minimum Gasteiger partial charge on any atom is -0.480 e. The first kappa shape index (κ1) is 21.5. The van der Waals surface area contributed by atoms with Crippen molar-refractivity contribution in [1.29, 1.82) is 0 Å². The maximum Gasteiger partial charge on any atom is 0.336 e. The van der Waals surface area contributed by atoms with Gasteiger partial charge >= 0.3 is 11.6 Å². The zero-order valence-electron chi connectivity index (χ0n) is 14.3. The van der Waals surface area contributed by atoms with Gasteiger partial charge in [-0.25, -0.2) is 9.59 Å². The van der Waals surface area contributed by atoms with E-state index in [9.17, 15) is 14.4 Å². The van der Waals surface area contributed by atoms with E-state index in [0.29, 0.717) is 24.2 Å². The van der Waals surface area contributed by atoms with Gasteiger partial charge in [0.25, 0.3) is 0 Å². The average molecular weight is 384 g/mol. The second-order valence-electron chi connectivity index (χ2n) is 5.79. The second-order valence-corrected chi connectivity index (χ2v) is 5.79. The zero-order chi connectivity index (χ0) is 18.6. The summed E-state index contributed by atoms with van der Waals surface area (Å²) >= 11 is 0. The van der Waals surface area contributed by atoms with E-state index in [1.165, 1.54) is 11.0 Å². The minimum atomic E-state index is -0.936. The molecule has 26 heavy (non-hydrogen) atoms. The van der Waals surface area contributed by atoms with Gasteiger partial charge in [0.15, 0.2) is 0 Å². The molecule has 1 amide bonds. The van der Waals surface area contributed by atoms with Crippen LogP contribution in [-0.2, 0) is 9.59 Å². The Kier molecular flexibility index (Phi) is 7.60. The van der Waals surface area contributed by atoms with Crippen molar-refractivity contribution < 1.29 is 19.1 Å². The maximum absolute atomic E-state index is 11.1. The Morgan fingerprint density at radius 1 is 1.35 bits per heavy atom. The number of aryl methyl sites for hydroxylation is 1. The number of nitrogen functional groups attached to an aromatic ring is 1. The number of carbonyl (C=O) groups is 2. The highest BCUT2D eigenvalue weighted by atomic mass is 35.5. The fourth-order valence-corrected chi connectivity index (χ4v) is 2.78. The largest absolute Gasteiger partial charge is 0.480 e. The summed E-state index contributed by atoms with van der Waals surface area (Å²) < 4.78 is 4.99. The van der Waals surface area contributed by atoms with E-state index < -0.39 is 12.0 Å². The summed E-state index contributed by atoms with van der Waals surface area (Å²) in [5.74, 6) is -1.21. The summed E-state index contributed by atoms with van der Waals surface area (Å²) in [6, 6.07) is 6.11. The van der Waals surface area contributed by atoms with Crippen molar-refractivity contribution in [1.82, 2.24) is 4.90 Å². The monoisotopic (exact) mass is 383 g/mol. The molecule has 0 spiro atoms. The van der Waals surface area contributed by atoms with Crippen LogP contribution in [0, 0.1) is 6.92 Å². The number of carboxylic acid groups (broad SMARTS) is 1. The number of rotatable bonds is 2. The molecule has 3 rings (SSSR count). The number of carboxylic acids is 1. The van der Waals surface area contributed by atoms with E-state index in [4.69, 9.17) is 21.0 Å². The van der Waals surface area contributed by atoms with Gasteiger partial charge in [-0.2, -0.15) is 0 Å². The lowest BCUT2D eigenvalue weighted by Crippen LogP contribution is -2.43. The third-order valence-electron chi connectivity index (χ3n) is 4.01. The molecule has 1 aromatic heterocycles. The van der Waals surface area contributed by atoms with E-state index in [2.05, 4.69) is 0 Å². The Hall–Kier alpha value is -2.58. The number of carbonyl (C=O) groups excluding carboxylic acids is 1. The molecule has 1 aromatic carbocycles. The number of amides is 1. The molecule has 142 valence electrons. The van der Waals surface area contributed by atoms with E-state index in [1.807, 2.05) is 13.0 Å². The van der Waals surface area contributed by atoms with Crippen LogP contribution in [0.15, 0.2) is 33.5 Å². The van der Waals surface area contributed by atoms with Crippen LogP contribution in [0.3, 0.4) is 0 Å². The van der Waals surface area contributed by atoms with Gasteiger partial charge in [-0.15, -0.1) is 12.4 Å².